The second-order valence-electron chi connectivity index (χ2n) is 11.1. The van der Waals surface area contributed by atoms with Crippen LogP contribution in [-0.2, 0) is 0 Å². The van der Waals surface area contributed by atoms with E-state index in [0.29, 0.717) is 12.1 Å². The van der Waals surface area contributed by atoms with Crippen molar-refractivity contribution < 1.29 is 4.79 Å². The molecule has 7 nitrogen and oxygen atoms in total. The van der Waals surface area contributed by atoms with E-state index in [-0.39, 0.29) is 5.91 Å². The molecule has 3 aliphatic rings. The van der Waals surface area contributed by atoms with Crippen molar-refractivity contribution in [1.82, 2.24) is 19.8 Å². The summed E-state index contributed by atoms with van der Waals surface area (Å²) in [4.78, 5) is 29.9. The highest BCUT2D eigenvalue weighted by Crippen LogP contribution is 2.26. The molecular weight excluding hydrogens is 448 g/mol. The van der Waals surface area contributed by atoms with Crippen LogP contribution in [0.4, 0.5) is 11.8 Å². The van der Waals surface area contributed by atoms with Crippen LogP contribution in [0.15, 0.2) is 24.4 Å². The molecule has 36 heavy (non-hydrogen) atoms. The van der Waals surface area contributed by atoms with Gasteiger partial charge in [-0.1, -0.05) is 30.5 Å². The van der Waals surface area contributed by atoms with Crippen LogP contribution in [0.1, 0.15) is 72.0 Å². The number of rotatable bonds is 5. The molecule has 1 N–H and O–H groups in total. The van der Waals surface area contributed by atoms with Crippen molar-refractivity contribution in [2.45, 2.75) is 77.8 Å². The van der Waals surface area contributed by atoms with Gasteiger partial charge in [0, 0.05) is 63.1 Å². The summed E-state index contributed by atoms with van der Waals surface area (Å²) in [6, 6.07) is 7.06. The molecule has 0 saturated carbocycles. The number of likely N-dealkylation sites (tertiary alicyclic amines) is 2. The lowest BCUT2D eigenvalue weighted by Crippen LogP contribution is -2.49. The number of hydrogen-bond donors (Lipinski definition) is 1. The van der Waals surface area contributed by atoms with Gasteiger partial charge in [0.05, 0.1) is 0 Å². The fourth-order valence-electron chi connectivity index (χ4n) is 6.43. The maximum atomic E-state index is 13.5. The molecule has 1 aromatic carbocycles. The van der Waals surface area contributed by atoms with Gasteiger partial charge in [0.2, 0.25) is 5.95 Å². The second-order valence-corrected chi connectivity index (χ2v) is 11.1. The number of carbonyl (C=O) groups excluding carboxylic acids is 1. The van der Waals surface area contributed by atoms with Gasteiger partial charge < -0.3 is 15.1 Å². The number of carbonyl (C=O) groups is 1. The monoisotopic (exact) mass is 490 g/mol. The van der Waals surface area contributed by atoms with Gasteiger partial charge in [0.1, 0.15) is 5.82 Å². The zero-order valence-corrected chi connectivity index (χ0v) is 22.3. The summed E-state index contributed by atoms with van der Waals surface area (Å²) in [5.41, 5.74) is 4.29. The first-order chi connectivity index (χ1) is 17.5. The van der Waals surface area contributed by atoms with Gasteiger partial charge in [0.25, 0.3) is 5.91 Å². The molecule has 5 rings (SSSR count). The SMILES string of the molecule is Cc1cc(C)c(C(=O)N2CCCC(N3CCC(Nc4nccc(N5CCCCCC5)n4)C3)C2)c(C)c1. The van der Waals surface area contributed by atoms with E-state index in [9.17, 15) is 4.79 Å². The molecule has 2 unspecified atom stereocenters. The average Bonchev–Trinajstić information content (AvgIpc) is 3.15. The van der Waals surface area contributed by atoms with Crippen molar-refractivity contribution in [3.63, 3.8) is 0 Å². The zero-order valence-electron chi connectivity index (χ0n) is 22.3. The van der Waals surface area contributed by atoms with E-state index < -0.39 is 0 Å². The number of benzene rings is 1. The van der Waals surface area contributed by atoms with Crippen molar-refractivity contribution in [3.8, 4) is 0 Å². The molecule has 7 heteroatoms. The van der Waals surface area contributed by atoms with Crippen LogP contribution in [0.2, 0.25) is 0 Å². The lowest BCUT2D eigenvalue weighted by Gasteiger charge is -2.38. The topological polar surface area (TPSA) is 64.6 Å². The summed E-state index contributed by atoms with van der Waals surface area (Å²) in [6.45, 7) is 12.1. The van der Waals surface area contributed by atoms with Gasteiger partial charge >= 0.3 is 0 Å². The average molecular weight is 491 g/mol. The Morgan fingerprint density at radius 3 is 2.42 bits per heavy atom. The van der Waals surface area contributed by atoms with Crippen LogP contribution in [0.3, 0.4) is 0 Å². The quantitative estimate of drug-likeness (QED) is 0.662. The summed E-state index contributed by atoms with van der Waals surface area (Å²) in [6.07, 6.45) is 10.3. The van der Waals surface area contributed by atoms with Gasteiger partial charge in [0.15, 0.2) is 0 Å². The zero-order chi connectivity index (χ0) is 25.1. The van der Waals surface area contributed by atoms with E-state index in [1.807, 2.05) is 12.3 Å². The van der Waals surface area contributed by atoms with Crippen LogP contribution in [-0.4, -0.2) is 77.0 Å². The van der Waals surface area contributed by atoms with Crippen LogP contribution in [0, 0.1) is 20.8 Å². The second kappa shape index (κ2) is 11.2. The highest BCUT2D eigenvalue weighted by molar-refractivity contribution is 5.97. The van der Waals surface area contributed by atoms with Crippen LogP contribution in [0.5, 0.6) is 0 Å². The Labute approximate surface area is 216 Å². The van der Waals surface area contributed by atoms with Crippen LogP contribution < -0.4 is 10.2 Å². The number of amides is 1. The minimum atomic E-state index is 0.197. The van der Waals surface area contributed by atoms with Crippen molar-refractivity contribution in [3.05, 3.63) is 46.6 Å². The summed E-state index contributed by atoms with van der Waals surface area (Å²) in [5, 5.41) is 3.61. The highest BCUT2D eigenvalue weighted by Gasteiger charge is 2.33. The molecule has 1 amide bonds. The molecule has 3 saturated heterocycles. The lowest BCUT2D eigenvalue weighted by molar-refractivity contribution is 0.0605. The predicted octanol–water partition coefficient (Wildman–Crippen LogP) is 4.57. The van der Waals surface area contributed by atoms with E-state index in [1.165, 1.54) is 31.2 Å². The molecule has 1 aromatic heterocycles. The molecule has 0 aliphatic carbocycles. The molecular formula is C29H42N6O. The third-order valence-electron chi connectivity index (χ3n) is 8.21. The summed E-state index contributed by atoms with van der Waals surface area (Å²) in [5.74, 6) is 1.99. The number of aryl methyl sites for hydroxylation is 3. The van der Waals surface area contributed by atoms with E-state index in [4.69, 9.17) is 4.98 Å². The van der Waals surface area contributed by atoms with E-state index in [2.05, 4.69) is 57.9 Å². The van der Waals surface area contributed by atoms with Crippen molar-refractivity contribution in [2.75, 3.05) is 49.5 Å². The molecule has 3 fully saturated rings. The van der Waals surface area contributed by atoms with Crippen molar-refractivity contribution in [1.29, 1.82) is 0 Å². The Balaban J connectivity index is 1.19. The Bertz CT molecular complexity index is 1040. The Hall–Kier alpha value is -2.67. The fourth-order valence-corrected chi connectivity index (χ4v) is 6.43. The smallest absolute Gasteiger partial charge is 0.254 e. The number of nitrogens with one attached hydrogen (secondary N) is 1. The molecule has 3 aliphatic heterocycles. The van der Waals surface area contributed by atoms with Crippen molar-refractivity contribution in [2.24, 2.45) is 0 Å². The molecule has 2 aromatic rings. The molecule has 2 atom stereocenters. The molecule has 194 valence electrons. The number of aromatic nitrogens is 2. The molecule has 0 radical (unpaired) electrons. The van der Waals surface area contributed by atoms with Gasteiger partial charge in [-0.15, -0.1) is 0 Å². The molecule has 0 bridgehead atoms. The van der Waals surface area contributed by atoms with E-state index in [0.717, 1.165) is 87.0 Å². The molecule has 0 spiro atoms. The lowest BCUT2D eigenvalue weighted by atomic mass is 9.97. The van der Waals surface area contributed by atoms with Crippen LogP contribution >= 0.6 is 0 Å². The Morgan fingerprint density at radius 1 is 0.917 bits per heavy atom. The summed E-state index contributed by atoms with van der Waals surface area (Å²) >= 11 is 0. The number of piperidine rings is 1. The normalized spacial score (nSPS) is 23.5. The van der Waals surface area contributed by atoms with Gasteiger partial charge in [-0.25, -0.2) is 4.98 Å². The summed E-state index contributed by atoms with van der Waals surface area (Å²) < 4.78 is 0. The Kier molecular flexibility index (Phi) is 7.75. The number of hydrogen-bond acceptors (Lipinski definition) is 6. The predicted molar refractivity (Wildman–Crippen MR) is 146 cm³/mol. The first-order valence-corrected chi connectivity index (χ1v) is 13.9. The maximum absolute atomic E-state index is 13.5. The first kappa shape index (κ1) is 25.0. The third-order valence-corrected chi connectivity index (χ3v) is 8.21. The van der Waals surface area contributed by atoms with E-state index in [1.54, 1.807) is 0 Å². The largest absolute Gasteiger partial charge is 0.356 e. The third kappa shape index (κ3) is 5.66. The van der Waals surface area contributed by atoms with Gasteiger partial charge in [-0.3, -0.25) is 9.69 Å². The Morgan fingerprint density at radius 2 is 1.67 bits per heavy atom. The number of nitrogens with zero attached hydrogens (tertiary/aromatic N) is 5. The van der Waals surface area contributed by atoms with Crippen molar-refractivity contribution >= 4 is 17.7 Å². The highest BCUT2D eigenvalue weighted by atomic mass is 16.2. The fraction of sp³-hybridized carbons (Fsp3) is 0.621. The minimum Gasteiger partial charge on any atom is -0.356 e. The number of anilines is 2. The first-order valence-electron chi connectivity index (χ1n) is 13.9. The maximum Gasteiger partial charge on any atom is 0.254 e. The summed E-state index contributed by atoms with van der Waals surface area (Å²) in [7, 11) is 0. The van der Waals surface area contributed by atoms with Crippen LogP contribution in [0.25, 0.3) is 0 Å². The van der Waals surface area contributed by atoms with E-state index >= 15 is 0 Å². The van der Waals surface area contributed by atoms with Gasteiger partial charge in [-0.05, 0) is 70.1 Å². The standard InChI is InChI=1S/C29H42N6O/c1-21-17-22(2)27(23(3)18-21)28(36)35-15-8-9-25(20-35)34-16-11-24(19-34)31-29-30-12-10-26(32-29)33-13-6-4-5-7-14-33/h10,12,17-18,24-25H,4-9,11,13-16,19-20H2,1-3H3,(H,30,31,32). The molecule has 4 heterocycles. The van der Waals surface area contributed by atoms with Gasteiger partial charge in [-0.2, -0.15) is 4.98 Å². The minimum absolute atomic E-state index is 0.197.